The van der Waals surface area contributed by atoms with Gasteiger partial charge >= 0.3 is 6.03 Å². The monoisotopic (exact) mass is 495 g/mol. The summed E-state index contributed by atoms with van der Waals surface area (Å²) in [4.78, 5) is 20.0. The third-order valence-corrected chi connectivity index (χ3v) is 7.93. The van der Waals surface area contributed by atoms with Crippen molar-refractivity contribution >= 4 is 11.7 Å². The highest BCUT2D eigenvalue weighted by molar-refractivity contribution is 5.95. The molecule has 2 aromatic carbocycles. The molecule has 9 heteroatoms. The molecule has 3 heterocycles. The number of likely N-dealkylation sites (tertiary alicyclic amines) is 1. The predicted molar refractivity (Wildman–Crippen MR) is 138 cm³/mol. The molecule has 0 aliphatic carbocycles. The third kappa shape index (κ3) is 5.07. The van der Waals surface area contributed by atoms with Crippen molar-refractivity contribution < 1.29 is 19.7 Å². The summed E-state index contributed by atoms with van der Waals surface area (Å²) >= 11 is 0. The minimum Gasteiger partial charge on any atom is -0.497 e. The number of aliphatic hydroxyl groups excluding tert-OH is 2. The molecule has 1 spiro atoms. The Morgan fingerprint density at radius 1 is 1.11 bits per heavy atom. The van der Waals surface area contributed by atoms with E-state index in [1.54, 1.807) is 7.11 Å². The highest BCUT2D eigenvalue weighted by Crippen LogP contribution is 2.40. The summed E-state index contributed by atoms with van der Waals surface area (Å²) in [6.45, 7) is 4.72. The van der Waals surface area contributed by atoms with Crippen LogP contribution in [0.15, 0.2) is 48.5 Å². The second-order valence-electron chi connectivity index (χ2n) is 10.2. The van der Waals surface area contributed by atoms with E-state index in [0.29, 0.717) is 25.6 Å². The number of rotatable bonds is 8. The van der Waals surface area contributed by atoms with Crippen LogP contribution in [0.2, 0.25) is 0 Å². The minimum absolute atomic E-state index is 0.0265. The second-order valence-corrected chi connectivity index (χ2v) is 10.2. The minimum atomic E-state index is -0.738. The number of hydrazine groups is 1. The molecule has 9 nitrogen and oxygen atoms in total. The molecule has 3 fully saturated rings. The van der Waals surface area contributed by atoms with Gasteiger partial charge < -0.3 is 24.7 Å². The van der Waals surface area contributed by atoms with Crippen LogP contribution in [-0.2, 0) is 6.54 Å². The SMILES string of the molecule is COc1cccc(CN2C(=O)N(c3ccc(C4CNNC4)cc3)CC23CCN(CC(O)CO)CC3)c1. The molecule has 4 N–H and O–H groups in total. The second kappa shape index (κ2) is 10.7. The van der Waals surface area contributed by atoms with E-state index in [4.69, 9.17) is 4.74 Å². The van der Waals surface area contributed by atoms with E-state index < -0.39 is 6.10 Å². The Kier molecular flexibility index (Phi) is 7.45. The molecule has 2 amide bonds. The van der Waals surface area contributed by atoms with Crippen molar-refractivity contribution in [1.29, 1.82) is 0 Å². The molecule has 0 aromatic heterocycles. The Morgan fingerprint density at radius 3 is 2.50 bits per heavy atom. The summed E-state index contributed by atoms with van der Waals surface area (Å²) in [5.74, 6) is 1.21. The number of aliphatic hydroxyl groups is 2. The highest BCUT2D eigenvalue weighted by atomic mass is 16.5. The number of hydrogen-bond acceptors (Lipinski definition) is 7. The van der Waals surface area contributed by atoms with Crippen LogP contribution in [0.5, 0.6) is 5.75 Å². The van der Waals surface area contributed by atoms with E-state index in [9.17, 15) is 15.0 Å². The number of anilines is 1. The molecule has 3 aliphatic rings. The lowest BCUT2D eigenvalue weighted by Crippen LogP contribution is -2.55. The summed E-state index contributed by atoms with van der Waals surface area (Å²) in [5.41, 5.74) is 9.29. The predicted octanol–water partition coefficient (Wildman–Crippen LogP) is 1.52. The van der Waals surface area contributed by atoms with Crippen molar-refractivity contribution in [3.63, 3.8) is 0 Å². The van der Waals surface area contributed by atoms with Crippen molar-refractivity contribution in [2.75, 3.05) is 57.9 Å². The lowest BCUT2D eigenvalue weighted by atomic mass is 9.86. The Balaban J connectivity index is 1.38. The highest BCUT2D eigenvalue weighted by Gasteiger charge is 2.51. The Labute approximate surface area is 212 Å². The van der Waals surface area contributed by atoms with Gasteiger partial charge in [0.2, 0.25) is 0 Å². The number of benzene rings is 2. The van der Waals surface area contributed by atoms with Gasteiger partial charge in [0.1, 0.15) is 5.75 Å². The van der Waals surface area contributed by atoms with E-state index in [1.807, 2.05) is 34.1 Å². The molecule has 2 aromatic rings. The molecular weight excluding hydrogens is 458 g/mol. The third-order valence-electron chi connectivity index (χ3n) is 7.93. The molecule has 0 bridgehead atoms. The smallest absolute Gasteiger partial charge is 0.325 e. The van der Waals surface area contributed by atoms with Crippen molar-refractivity contribution in [1.82, 2.24) is 20.7 Å². The number of amides is 2. The van der Waals surface area contributed by atoms with Gasteiger partial charge in [-0.2, -0.15) is 0 Å². The van der Waals surface area contributed by atoms with Crippen LogP contribution in [0.25, 0.3) is 0 Å². The van der Waals surface area contributed by atoms with Crippen LogP contribution in [-0.4, -0.2) is 90.7 Å². The zero-order valence-corrected chi connectivity index (χ0v) is 20.9. The lowest BCUT2D eigenvalue weighted by Gasteiger charge is -2.44. The number of carbonyl (C=O) groups excluding carboxylic acids is 1. The quantitative estimate of drug-likeness (QED) is 0.441. The van der Waals surface area contributed by atoms with Crippen molar-refractivity contribution in [2.45, 2.75) is 36.9 Å². The zero-order valence-electron chi connectivity index (χ0n) is 20.9. The maximum atomic E-state index is 13.9. The van der Waals surface area contributed by atoms with E-state index in [1.165, 1.54) is 5.56 Å². The molecule has 3 saturated heterocycles. The molecule has 0 radical (unpaired) electrons. The van der Waals surface area contributed by atoms with E-state index in [0.717, 1.165) is 56.0 Å². The molecule has 5 rings (SSSR count). The Morgan fingerprint density at radius 2 is 1.83 bits per heavy atom. The Hall–Kier alpha value is -2.69. The first kappa shape index (κ1) is 25.0. The maximum absolute atomic E-state index is 13.9. The van der Waals surface area contributed by atoms with Crippen LogP contribution < -0.4 is 20.5 Å². The van der Waals surface area contributed by atoms with Crippen molar-refractivity contribution in [2.24, 2.45) is 0 Å². The molecule has 194 valence electrons. The largest absolute Gasteiger partial charge is 0.497 e. The number of nitrogens with zero attached hydrogens (tertiary/aromatic N) is 3. The summed E-state index contributed by atoms with van der Waals surface area (Å²) < 4.78 is 5.42. The number of hydrogen-bond donors (Lipinski definition) is 4. The maximum Gasteiger partial charge on any atom is 0.325 e. The van der Waals surface area contributed by atoms with Gasteiger partial charge in [-0.1, -0.05) is 24.3 Å². The van der Waals surface area contributed by atoms with Gasteiger partial charge in [0.25, 0.3) is 0 Å². The number of nitrogens with one attached hydrogen (secondary N) is 2. The lowest BCUT2D eigenvalue weighted by molar-refractivity contribution is 0.0248. The number of piperidine rings is 1. The molecule has 0 saturated carbocycles. The van der Waals surface area contributed by atoms with E-state index >= 15 is 0 Å². The first-order valence-corrected chi connectivity index (χ1v) is 12.8. The summed E-state index contributed by atoms with van der Waals surface area (Å²) in [6, 6.07) is 16.4. The molecular formula is C27H37N5O4. The van der Waals surface area contributed by atoms with Gasteiger partial charge in [0, 0.05) is 50.9 Å². The van der Waals surface area contributed by atoms with E-state index in [2.05, 4.69) is 40.0 Å². The van der Waals surface area contributed by atoms with Crippen LogP contribution in [0.4, 0.5) is 10.5 Å². The van der Waals surface area contributed by atoms with E-state index in [-0.39, 0.29) is 18.2 Å². The zero-order chi connectivity index (χ0) is 25.1. The van der Waals surface area contributed by atoms with Gasteiger partial charge in [-0.25, -0.2) is 4.79 Å². The Bertz CT molecular complexity index is 1030. The van der Waals surface area contributed by atoms with Crippen molar-refractivity contribution in [3.8, 4) is 5.75 Å². The first-order chi connectivity index (χ1) is 17.5. The number of β-amino-alcohol motifs (C(OH)–C–C–N with tert-alkyl or cyclic N) is 1. The number of ether oxygens (including phenoxy) is 1. The average Bonchev–Trinajstić information content (AvgIpc) is 3.54. The number of urea groups is 1. The van der Waals surface area contributed by atoms with Crippen molar-refractivity contribution in [3.05, 3.63) is 59.7 Å². The number of methoxy groups -OCH3 is 1. The van der Waals surface area contributed by atoms with Gasteiger partial charge in [-0.15, -0.1) is 0 Å². The summed E-state index contributed by atoms with van der Waals surface area (Å²) in [5, 5.41) is 19.2. The van der Waals surface area contributed by atoms with Gasteiger partial charge in [0.15, 0.2) is 0 Å². The molecule has 1 unspecified atom stereocenters. The standard InChI is InChI=1S/C27H37N5O4/c1-36-25-4-2-3-20(13-25)16-32-26(35)31(23-7-5-21(6-8-23)22-14-28-29-15-22)19-27(32)9-11-30(12-10-27)17-24(34)18-33/h2-8,13,22,24,28-29,33-34H,9-12,14-19H2,1H3. The average molecular weight is 496 g/mol. The van der Waals surface area contributed by atoms with Gasteiger partial charge in [0.05, 0.1) is 31.9 Å². The fourth-order valence-electron chi connectivity index (χ4n) is 5.75. The van der Waals surface area contributed by atoms with Crippen LogP contribution >= 0.6 is 0 Å². The topological polar surface area (TPSA) is 101 Å². The van der Waals surface area contributed by atoms with Crippen LogP contribution in [0.3, 0.4) is 0 Å². The van der Waals surface area contributed by atoms with Crippen LogP contribution in [0, 0.1) is 0 Å². The van der Waals surface area contributed by atoms with Crippen LogP contribution in [0.1, 0.15) is 29.9 Å². The fraction of sp³-hybridized carbons (Fsp3) is 0.519. The molecule has 36 heavy (non-hydrogen) atoms. The molecule has 1 atom stereocenters. The molecule has 3 aliphatic heterocycles. The normalized spacial score (nSPS) is 21.5. The van der Waals surface area contributed by atoms with Gasteiger partial charge in [-0.05, 0) is 48.2 Å². The van der Waals surface area contributed by atoms with Gasteiger partial charge in [-0.3, -0.25) is 15.8 Å². The summed E-state index contributed by atoms with van der Waals surface area (Å²) in [7, 11) is 1.65. The number of carbonyl (C=O) groups is 1. The first-order valence-electron chi connectivity index (χ1n) is 12.8. The summed E-state index contributed by atoms with van der Waals surface area (Å²) in [6.07, 6.45) is 0.890. The fourth-order valence-corrected chi connectivity index (χ4v) is 5.75.